The lowest BCUT2D eigenvalue weighted by Gasteiger charge is -2.14. The summed E-state index contributed by atoms with van der Waals surface area (Å²) in [5.41, 5.74) is 1.72. The Hall–Kier alpha value is -3.46. The van der Waals surface area contributed by atoms with Gasteiger partial charge in [0.05, 0.1) is 10.6 Å². The first-order valence-corrected chi connectivity index (χ1v) is 10.0. The number of carbonyl (C=O) groups excluding carboxylic acids is 2. The highest BCUT2D eigenvalue weighted by Crippen LogP contribution is 2.33. The number of para-hydroxylation sites is 1. The van der Waals surface area contributed by atoms with Gasteiger partial charge in [0.1, 0.15) is 5.25 Å². The van der Waals surface area contributed by atoms with E-state index >= 15 is 0 Å². The van der Waals surface area contributed by atoms with Gasteiger partial charge in [0.15, 0.2) is 5.17 Å². The Bertz CT molecular complexity index is 1020. The molecule has 2 aromatic rings. The predicted octanol–water partition coefficient (Wildman–Crippen LogP) is 4.05. The summed E-state index contributed by atoms with van der Waals surface area (Å²) < 4.78 is 0. The average Bonchev–Trinajstić information content (AvgIpc) is 2.99. The monoisotopic (exact) mass is 424 g/mol. The van der Waals surface area contributed by atoms with Gasteiger partial charge in [0.2, 0.25) is 11.8 Å². The van der Waals surface area contributed by atoms with Gasteiger partial charge in [-0.25, -0.2) is 4.99 Å². The van der Waals surface area contributed by atoms with Crippen LogP contribution >= 0.6 is 11.8 Å². The number of nitro groups is 1. The number of anilines is 1. The van der Waals surface area contributed by atoms with Crippen molar-refractivity contribution < 1.29 is 14.5 Å². The van der Waals surface area contributed by atoms with E-state index in [-0.39, 0.29) is 30.5 Å². The highest BCUT2D eigenvalue weighted by atomic mass is 32.2. The van der Waals surface area contributed by atoms with Gasteiger partial charge in [-0.2, -0.15) is 0 Å². The summed E-state index contributed by atoms with van der Waals surface area (Å²) in [5, 5.41) is 13.6. The maximum Gasteiger partial charge on any atom is 0.271 e. The molecule has 1 aliphatic heterocycles. The molecule has 9 heteroatoms. The maximum absolute atomic E-state index is 12.8. The molecule has 1 N–H and O–H groups in total. The number of nitro benzene ring substituents is 1. The molecule has 0 saturated carbocycles. The molecule has 0 unspecified atom stereocenters. The minimum absolute atomic E-state index is 0.0149. The van der Waals surface area contributed by atoms with Crippen LogP contribution in [-0.2, 0) is 9.59 Å². The zero-order valence-electron chi connectivity index (χ0n) is 16.3. The first-order chi connectivity index (χ1) is 14.4. The minimum atomic E-state index is -0.633. The molecule has 30 heavy (non-hydrogen) atoms. The van der Waals surface area contributed by atoms with E-state index < -0.39 is 10.2 Å². The van der Waals surface area contributed by atoms with E-state index in [1.807, 2.05) is 18.2 Å². The second kappa shape index (κ2) is 9.36. The number of nitrogens with one attached hydrogen (secondary N) is 1. The molecule has 1 saturated heterocycles. The van der Waals surface area contributed by atoms with E-state index in [4.69, 9.17) is 0 Å². The van der Waals surface area contributed by atoms with Gasteiger partial charge >= 0.3 is 0 Å². The van der Waals surface area contributed by atoms with Crippen molar-refractivity contribution in [3.05, 3.63) is 76.9 Å². The molecule has 1 heterocycles. The van der Waals surface area contributed by atoms with Gasteiger partial charge < -0.3 is 5.32 Å². The third kappa shape index (κ3) is 4.93. The van der Waals surface area contributed by atoms with Crippen molar-refractivity contribution in [2.45, 2.75) is 18.6 Å². The molecule has 0 radical (unpaired) electrons. The number of hydrogen-bond donors (Lipinski definition) is 1. The Morgan fingerprint density at radius 3 is 2.73 bits per heavy atom. The van der Waals surface area contributed by atoms with E-state index in [1.165, 1.54) is 28.8 Å². The van der Waals surface area contributed by atoms with Crippen LogP contribution in [0.5, 0.6) is 0 Å². The normalized spacial score (nSPS) is 17.2. The molecule has 1 atom stereocenters. The first kappa shape index (κ1) is 21.3. The van der Waals surface area contributed by atoms with Crippen molar-refractivity contribution in [2.75, 3.05) is 11.9 Å². The Kier molecular flexibility index (Phi) is 6.63. The van der Waals surface area contributed by atoms with Crippen molar-refractivity contribution in [3.63, 3.8) is 0 Å². The van der Waals surface area contributed by atoms with Crippen molar-refractivity contribution in [2.24, 2.45) is 4.99 Å². The van der Waals surface area contributed by atoms with Crippen LogP contribution in [0.2, 0.25) is 0 Å². The van der Waals surface area contributed by atoms with Crippen molar-refractivity contribution in [3.8, 4) is 0 Å². The van der Waals surface area contributed by atoms with Crippen molar-refractivity contribution in [1.29, 1.82) is 0 Å². The van der Waals surface area contributed by atoms with Gasteiger partial charge in [-0.3, -0.25) is 24.6 Å². The molecule has 0 spiro atoms. The van der Waals surface area contributed by atoms with E-state index in [0.29, 0.717) is 16.5 Å². The minimum Gasteiger partial charge on any atom is -0.326 e. The third-order valence-corrected chi connectivity index (χ3v) is 5.55. The summed E-state index contributed by atoms with van der Waals surface area (Å²) in [6.07, 6.45) is 1.56. The maximum atomic E-state index is 12.8. The molecular formula is C21H20N4O4S. The number of amidine groups is 1. The molecule has 8 nitrogen and oxygen atoms in total. The van der Waals surface area contributed by atoms with Gasteiger partial charge in [-0.15, -0.1) is 6.58 Å². The lowest BCUT2D eigenvalue weighted by atomic mass is 10.2. The van der Waals surface area contributed by atoms with Crippen LogP contribution in [0.1, 0.15) is 12.0 Å². The summed E-state index contributed by atoms with van der Waals surface area (Å²) in [5.74, 6) is -0.525. The Balaban J connectivity index is 1.81. The van der Waals surface area contributed by atoms with Crippen LogP contribution in [0.3, 0.4) is 0 Å². The topological polar surface area (TPSA) is 105 Å². The fourth-order valence-electron chi connectivity index (χ4n) is 2.86. The molecule has 1 fully saturated rings. The van der Waals surface area contributed by atoms with Gasteiger partial charge in [-0.05, 0) is 24.6 Å². The largest absolute Gasteiger partial charge is 0.326 e. The number of aryl methyl sites for hydroxylation is 1. The SMILES string of the molecule is C=CCN1C(=O)[C@@H](CC(=O)Nc2ccccc2)SC1=Nc1cc([N+](=O)[O-])ccc1C. The van der Waals surface area contributed by atoms with E-state index in [2.05, 4.69) is 16.9 Å². The summed E-state index contributed by atoms with van der Waals surface area (Å²) >= 11 is 1.17. The number of non-ortho nitro benzene ring substituents is 1. The molecule has 3 rings (SSSR count). The molecule has 2 aromatic carbocycles. The van der Waals surface area contributed by atoms with E-state index in [9.17, 15) is 19.7 Å². The van der Waals surface area contributed by atoms with Crippen LogP contribution in [-0.4, -0.2) is 38.6 Å². The lowest BCUT2D eigenvalue weighted by Crippen LogP contribution is -2.33. The molecule has 2 amide bonds. The van der Waals surface area contributed by atoms with Crippen LogP contribution < -0.4 is 5.32 Å². The number of nitrogens with zero attached hydrogens (tertiary/aromatic N) is 3. The molecule has 154 valence electrons. The van der Waals surface area contributed by atoms with Gasteiger partial charge in [0.25, 0.3) is 5.69 Å². The Morgan fingerprint density at radius 1 is 1.33 bits per heavy atom. The highest BCUT2D eigenvalue weighted by molar-refractivity contribution is 8.15. The lowest BCUT2D eigenvalue weighted by molar-refractivity contribution is -0.384. The summed E-state index contributed by atoms with van der Waals surface area (Å²) in [6.45, 7) is 5.69. The number of amides is 2. The second-order valence-corrected chi connectivity index (χ2v) is 7.75. The average molecular weight is 424 g/mol. The van der Waals surface area contributed by atoms with Gasteiger partial charge in [0, 0.05) is 30.8 Å². The van der Waals surface area contributed by atoms with E-state index in [0.717, 1.165) is 5.56 Å². The van der Waals surface area contributed by atoms with Crippen molar-refractivity contribution in [1.82, 2.24) is 4.90 Å². The summed E-state index contributed by atoms with van der Waals surface area (Å²) in [6, 6.07) is 13.4. The fraction of sp³-hybridized carbons (Fsp3) is 0.190. The van der Waals surface area contributed by atoms with Crippen LogP contribution in [0, 0.1) is 17.0 Å². The molecular weight excluding hydrogens is 404 g/mol. The third-order valence-electron chi connectivity index (χ3n) is 4.38. The second-order valence-electron chi connectivity index (χ2n) is 6.58. The Morgan fingerprint density at radius 2 is 2.07 bits per heavy atom. The molecule has 0 aliphatic carbocycles. The van der Waals surface area contributed by atoms with Crippen LogP contribution in [0.25, 0.3) is 0 Å². The first-order valence-electron chi connectivity index (χ1n) is 9.16. The smallest absolute Gasteiger partial charge is 0.271 e. The Labute approximate surface area is 177 Å². The quantitative estimate of drug-likeness (QED) is 0.410. The molecule has 0 bridgehead atoms. The van der Waals surface area contributed by atoms with Crippen LogP contribution in [0.4, 0.5) is 17.1 Å². The molecule has 0 aromatic heterocycles. The zero-order valence-corrected chi connectivity index (χ0v) is 17.1. The summed E-state index contributed by atoms with van der Waals surface area (Å²) in [4.78, 5) is 41.7. The highest BCUT2D eigenvalue weighted by Gasteiger charge is 2.38. The zero-order chi connectivity index (χ0) is 21.7. The number of carbonyl (C=O) groups is 2. The van der Waals surface area contributed by atoms with Gasteiger partial charge in [-0.1, -0.05) is 42.1 Å². The van der Waals surface area contributed by atoms with E-state index in [1.54, 1.807) is 31.2 Å². The van der Waals surface area contributed by atoms with Crippen molar-refractivity contribution >= 4 is 45.8 Å². The fourth-order valence-corrected chi connectivity index (χ4v) is 4.02. The predicted molar refractivity (Wildman–Crippen MR) is 118 cm³/mol. The summed E-state index contributed by atoms with van der Waals surface area (Å²) in [7, 11) is 0. The van der Waals surface area contributed by atoms with Crippen LogP contribution in [0.15, 0.2) is 66.2 Å². The number of thioether (sulfide) groups is 1. The number of benzene rings is 2. The number of rotatable bonds is 7. The standard InChI is InChI=1S/C21H20N4O4S/c1-3-11-24-20(27)18(13-19(26)22-15-7-5-4-6-8-15)30-21(24)23-17-12-16(25(28)29)10-9-14(17)2/h3-10,12,18H,1,11,13H2,2H3,(H,22,26)/t18-/m1/s1. The molecule has 1 aliphatic rings. The number of aliphatic imine (C=N–C) groups is 1. The number of hydrogen-bond acceptors (Lipinski definition) is 6.